The van der Waals surface area contributed by atoms with E-state index < -0.39 is 0 Å². The molecule has 1 atom stereocenters. The van der Waals surface area contributed by atoms with Crippen LogP contribution in [0.25, 0.3) is 0 Å². The molecule has 1 unspecified atom stereocenters. The Kier molecular flexibility index (Phi) is 2.62. The van der Waals surface area contributed by atoms with Crippen molar-refractivity contribution in [1.82, 2.24) is 0 Å². The maximum absolute atomic E-state index is 11.6. The Morgan fingerprint density at radius 1 is 1.47 bits per heavy atom. The van der Waals surface area contributed by atoms with Crippen LogP contribution in [0.3, 0.4) is 0 Å². The summed E-state index contributed by atoms with van der Waals surface area (Å²) in [7, 11) is 1.63. The van der Waals surface area contributed by atoms with E-state index in [1.807, 2.05) is 25.1 Å². The second-order valence-corrected chi connectivity index (χ2v) is 3.95. The van der Waals surface area contributed by atoms with Crippen LogP contribution in [0.15, 0.2) is 18.2 Å². The van der Waals surface area contributed by atoms with Crippen LogP contribution < -0.4 is 10.1 Å². The highest BCUT2D eigenvalue weighted by Crippen LogP contribution is 2.27. The number of nitrogens with one attached hydrogen (secondary N) is 1. The highest BCUT2D eigenvalue weighted by atomic mass is 16.5. The van der Waals surface area contributed by atoms with Crippen LogP contribution in [0, 0.1) is 5.92 Å². The fraction of sp³-hybridized carbons (Fsp3) is 0.417. The number of aryl methyl sites for hydroxylation is 1. The zero-order chi connectivity index (χ0) is 10.8. The quantitative estimate of drug-likeness (QED) is 0.763. The van der Waals surface area contributed by atoms with Gasteiger partial charge < -0.3 is 10.1 Å². The Morgan fingerprint density at radius 2 is 2.27 bits per heavy atom. The molecule has 0 bridgehead atoms. The minimum absolute atomic E-state index is 0.0865. The topological polar surface area (TPSA) is 38.3 Å². The van der Waals surface area contributed by atoms with Gasteiger partial charge in [0.05, 0.1) is 7.11 Å². The summed E-state index contributed by atoms with van der Waals surface area (Å²) in [5, 5.41) is 2.93. The molecule has 0 spiro atoms. The van der Waals surface area contributed by atoms with Gasteiger partial charge in [-0.2, -0.15) is 0 Å². The molecule has 1 aliphatic rings. The van der Waals surface area contributed by atoms with Gasteiger partial charge in [-0.1, -0.05) is 13.0 Å². The number of anilines is 1. The molecule has 0 aromatic heterocycles. The first-order valence-electron chi connectivity index (χ1n) is 5.18. The van der Waals surface area contributed by atoms with Crippen LogP contribution in [-0.2, 0) is 11.2 Å². The van der Waals surface area contributed by atoms with E-state index in [4.69, 9.17) is 4.74 Å². The third-order valence-corrected chi connectivity index (χ3v) is 2.87. The molecule has 0 saturated heterocycles. The predicted molar refractivity (Wildman–Crippen MR) is 59.1 cm³/mol. The van der Waals surface area contributed by atoms with Gasteiger partial charge >= 0.3 is 0 Å². The molecule has 3 nitrogen and oxygen atoms in total. The van der Waals surface area contributed by atoms with Gasteiger partial charge in [-0.15, -0.1) is 0 Å². The third-order valence-electron chi connectivity index (χ3n) is 2.87. The van der Waals surface area contributed by atoms with Crippen LogP contribution >= 0.6 is 0 Å². The Labute approximate surface area is 89.4 Å². The Morgan fingerprint density at radius 3 is 3.00 bits per heavy atom. The second-order valence-electron chi connectivity index (χ2n) is 3.95. The summed E-state index contributed by atoms with van der Waals surface area (Å²) >= 11 is 0. The first-order valence-corrected chi connectivity index (χ1v) is 5.18. The zero-order valence-corrected chi connectivity index (χ0v) is 9.04. The van der Waals surface area contributed by atoms with Crippen LogP contribution in [0.4, 0.5) is 5.69 Å². The lowest BCUT2D eigenvalue weighted by molar-refractivity contribution is -0.119. The van der Waals surface area contributed by atoms with Crippen molar-refractivity contribution >= 4 is 11.6 Å². The average molecular weight is 205 g/mol. The molecule has 3 heteroatoms. The predicted octanol–water partition coefficient (Wildman–Crippen LogP) is 2.22. The number of ether oxygens (including phenoxy) is 1. The summed E-state index contributed by atoms with van der Waals surface area (Å²) in [6, 6.07) is 5.83. The maximum atomic E-state index is 11.6. The average Bonchev–Trinajstić information content (AvgIpc) is 2.39. The fourth-order valence-corrected chi connectivity index (χ4v) is 1.78. The maximum Gasteiger partial charge on any atom is 0.227 e. The number of carbonyl (C=O) groups excluding carboxylic acids is 1. The van der Waals surface area contributed by atoms with Crippen molar-refractivity contribution in [2.24, 2.45) is 5.92 Å². The molecule has 1 aromatic carbocycles. The molecule has 0 fully saturated rings. The summed E-state index contributed by atoms with van der Waals surface area (Å²) in [5.41, 5.74) is 2.08. The first kappa shape index (κ1) is 10.0. The van der Waals surface area contributed by atoms with Gasteiger partial charge in [0.25, 0.3) is 0 Å². The molecule has 1 amide bonds. The monoisotopic (exact) mass is 205 g/mol. The lowest BCUT2D eigenvalue weighted by Crippen LogP contribution is -2.18. The lowest BCUT2D eigenvalue weighted by Gasteiger charge is -2.08. The van der Waals surface area contributed by atoms with Gasteiger partial charge in [-0.3, -0.25) is 4.79 Å². The van der Waals surface area contributed by atoms with Gasteiger partial charge in [0.15, 0.2) is 0 Å². The Balaban J connectivity index is 2.35. The molecule has 0 saturated carbocycles. The number of methoxy groups -OCH3 is 1. The molecule has 1 aliphatic heterocycles. The van der Waals surface area contributed by atoms with Crippen molar-refractivity contribution in [2.45, 2.75) is 19.8 Å². The van der Waals surface area contributed by atoms with Crippen molar-refractivity contribution in [3.63, 3.8) is 0 Å². The van der Waals surface area contributed by atoms with E-state index in [0.29, 0.717) is 0 Å². The standard InChI is InChI=1S/C12H15NO2/c1-8-3-4-9-5-6-10(15-2)7-11(9)13-12(8)14/h5-8H,3-4H2,1-2H3,(H,13,14). The fourth-order valence-electron chi connectivity index (χ4n) is 1.78. The zero-order valence-electron chi connectivity index (χ0n) is 9.04. The van der Waals surface area contributed by atoms with E-state index in [-0.39, 0.29) is 11.8 Å². The number of hydrogen-bond acceptors (Lipinski definition) is 2. The van der Waals surface area contributed by atoms with Crippen molar-refractivity contribution in [3.05, 3.63) is 23.8 Å². The van der Waals surface area contributed by atoms with Gasteiger partial charge in [0, 0.05) is 17.7 Å². The van der Waals surface area contributed by atoms with Gasteiger partial charge in [0.2, 0.25) is 5.91 Å². The normalized spacial score (nSPS) is 20.1. The summed E-state index contributed by atoms with van der Waals surface area (Å²) in [5.74, 6) is 0.967. The van der Waals surface area contributed by atoms with Gasteiger partial charge in [-0.05, 0) is 24.5 Å². The summed E-state index contributed by atoms with van der Waals surface area (Å²) in [6.45, 7) is 1.96. The van der Waals surface area contributed by atoms with E-state index >= 15 is 0 Å². The van der Waals surface area contributed by atoms with Crippen molar-refractivity contribution in [1.29, 1.82) is 0 Å². The third kappa shape index (κ3) is 1.96. The van der Waals surface area contributed by atoms with Crippen LogP contribution in [0.2, 0.25) is 0 Å². The van der Waals surface area contributed by atoms with E-state index in [0.717, 1.165) is 24.3 Å². The molecule has 80 valence electrons. The minimum atomic E-state index is 0.0865. The second kappa shape index (κ2) is 3.93. The molecular formula is C12H15NO2. The minimum Gasteiger partial charge on any atom is -0.497 e. The number of carbonyl (C=O) groups is 1. The van der Waals surface area contributed by atoms with E-state index in [1.54, 1.807) is 7.11 Å². The number of amides is 1. The highest BCUT2D eigenvalue weighted by Gasteiger charge is 2.19. The van der Waals surface area contributed by atoms with Crippen molar-refractivity contribution < 1.29 is 9.53 Å². The van der Waals surface area contributed by atoms with Crippen LogP contribution in [0.5, 0.6) is 5.75 Å². The summed E-state index contributed by atoms with van der Waals surface area (Å²) < 4.78 is 5.13. The SMILES string of the molecule is COc1ccc2c(c1)NC(=O)C(C)CC2. The summed E-state index contributed by atoms with van der Waals surface area (Å²) in [6.07, 6.45) is 1.85. The number of hydrogen-bond donors (Lipinski definition) is 1. The smallest absolute Gasteiger partial charge is 0.227 e. The van der Waals surface area contributed by atoms with Crippen LogP contribution in [-0.4, -0.2) is 13.0 Å². The van der Waals surface area contributed by atoms with Crippen molar-refractivity contribution in [3.8, 4) is 5.75 Å². The number of fused-ring (bicyclic) bond motifs is 1. The largest absolute Gasteiger partial charge is 0.497 e. The van der Waals surface area contributed by atoms with Gasteiger partial charge in [0.1, 0.15) is 5.75 Å². The van der Waals surface area contributed by atoms with E-state index in [2.05, 4.69) is 5.32 Å². The Hall–Kier alpha value is -1.51. The van der Waals surface area contributed by atoms with E-state index in [9.17, 15) is 4.79 Å². The number of benzene rings is 1. The van der Waals surface area contributed by atoms with Gasteiger partial charge in [-0.25, -0.2) is 0 Å². The Bertz CT molecular complexity index is 387. The molecule has 1 N–H and O–H groups in total. The summed E-state index contributed by atoms with van der Waals surface area (Å²) in [4.78, 5) is 11.6. The molecule has 0 aliphatic carbocycles. The molecule has 0 radical (unpaired) electrons. The molecule has 2 rings (SSSR count). The molecular weight excluding hydrogens is 190 g/mol. The molecule has 1 heterocycles. The highest BCUT2D eigenvalue weighted by molar-refractivity contribution is 5.94. The first-order chi connectivity index (χ1) is 7.20. The molecule has 1 aromatic rings. The lowest BCUT2D eigenvalue weighted by atomic mass is 10.0. The van der Waals surface area contributed by atoms with Crippen molar-refractivity contribution in [2.75, 3.05) is 12.4 Å². The van der Waals surface area contributed by atoms with E-state index in [1.165, 1.54) is 5.56 Å². The van der Waals surface area contributed by atoms with Crippen LogP contribution in [0.1, 0.15) is 18.9 Å². The molecule has 15 heavy (non-hydrogen) atoms. The number of rotatable bonds is 1.